The number of thiophene rings is 1. The van der Waals surface area contributed by atoms with Crippen LogP contribution in [0, 0.1) is 6.92 Å². The summed E-state index contributed by atoms with van der Waals surface area (Å²) in [6.45, 7) is 1.97. The van der Waals surface area contributed by atoms with Crippen LogP contribution in [0.25, 0.3) is 10.1 Å². The molecule has 2 heterocycles. The van der Waals surface area contributed by atoms with Gasteiger partial charge in [-0.15, -0.1) is 11.3 Å². The first kappa shape index (κ1) is 15.7. The van der Waals surface area contributed by atoms with Crippen LogP contribution in [0.5, 0.6) is 0 Å². The van der Waals surface area contributed by atoms with Crippen molar-refractivity contribution in [3.05, 3.63) is 28.1 Å². The highest BCUT2D eigenvalue weighted by molar-refractivity contribution is 7.89. The molecule has 1 aromatic carbocycles. The summed E-state index contributed by atoms with van der Waals surface area (Å²) in [6.07, 6.45) is 0.897. The summed E-state index contributed by atoms with van der Waals surface area (Å²) >= 11 is 7.36. The quantitative estimate of drug-likeness (QED) is 0.913. The van der Waals surface area contributed by atoms with Crippen LogP contribution in [-0.4, -0.2) is 36.4 Å². The highest BCUT2D eigenvalue weighted by Gasteiger charge is 2.41. The Morgan fingerprint density at radius 2 is 2.18 bits per heavy atom. The van der Waals surface area contributed by atoms with E-state index in [1.165, 1.54) is 11.3 Å². The fraction of sp³-hybridized carbons (Fsp3) is 0.357. The van der Waals surface area contributed by atoms with E-state index in [0.29, 0.717) is 28.1 Å². The summed E-state index contributed by atoms with van der Waals surface area (Å²) in [6, 6.07) is 4.14. The molecule has 0 radical (unpaired) electrons. The second-order valence-electron chi connectivity index (χ2n) is 5.24. The Labute approximate surface area is 137 Å². The second-order valence-corrected chi connectivity index (χ2v) is 8.76. The van der Waals surface area contributed by atoms with Gasteiger partial charge < -0.3 is 5.11 Å². The number of hydrogen-bond donors (Lipinski definition) is 1. The van der Waals surface area contributed by atoms with E-state index in [0.717, 1.165) is 9.01 Å². The zero-order chi connectivity index (χ0) is 16.1. The number of sulfonamides is 1. The maximum Gasteiger partial charge on any atom is 0.322 e. The second kappa shape index (κ2) is 5.49. The van der Waals surface area contributed by atoms with Gasteiger partial charge in [-0.25, -0.2) is 8.42 Å². The predicted molar refractivity (Wildman–Crippen MR) is 86.1 cm³/mol. The fourth-order valence-corrected chi connectivity index (χ4v) is 6.44. The molecular formula is C14H14ClNO4S2. The van der Waals surface area contributed by atoms with E-state index in [1.807, 2.05) is 0 Å². The Balaban J connectivity index is 2.19. The first-order valence-electron chi connectivity index (χ1n) is 6.75. The third-order valence-electron chi connectivity index (χ3n) is 3.82. The van der Waals surface area contributed by atoms with E-state index in [9.17, 15) is 18.3 Å². The summed E-state index contributed by atoms with van der Waals surface area (Å²) in [5.74, 6) is -1.10. The average molecular weight is 360 g/mol. The number of aryl methyl sites for hydroxylation is 1. The molecule has 1 aliphatic heterocycles. The van der Waals surface area contributed by atoms with Gasteiger partial charge in [0.15, 0.2) is 0 Å². The molecule has 118 valence electrons. The van der Waals surface area contributed by atoms with Crippen LogP contribution in [0.4, 0.5) is 0 Å². The summed E-state index contributed by atoms with van der Waals surface area (Å²) in [7, 11) is -3.86. The summed E-state index contributed by atoms with van der Waals surface area (Å²) in [5, 5.41) is 10.3. The summed E-state index contributed by atoms with van der Waals surface area (Å²) < 4.78 is 27.9. The molecule has 1 atom stereocenters. The van der Waals surface area contributed by atoms with Crippen LogP contribution >= 0.6 is 22.9 Å². The first-order chi connectivity index (χ1) is 10.3. The molecule has 8 heteroatoms. The van der Waals surface area contributed by atoms with E-state index in [-0.39, 0.29) is 11.4 Å². The van der Waals surface area contributed by atoms with Crippen LogP contribution in [0.3, 0.4) is 0 Å². The number of carboxylic acids is 1. The van der Waals surface area contributed by atoms with Crippen molar-refractivity contribution < 1.29 is 18.3 Å². The van der Waals surface area contributed by atoms with Crippen molar-refractivity contribution in [3.63, 3.8) is 0 Å². The minimum absolute atomic E-state index is 0.183. The average Bonchev–Trinajstić information content (AvgIpc) is 3.02. The van der Waals surface area contributed by atoms with Gasteiger partial charge in [0.2, 0.25) is 10.0 Å². The van der Waals surface area contributed by atoms with Crippen LogP contribution in [-0.2, 0) is 14.8 Å². The van der Waals surface area contributed by atoms with E-state index < -0.39 is 22.0 Å². The van der Waals surface area contributed by atoms with Gasteiger partial charge in [0.05, 0.1) is 0 Å². The number of nitrogens with zero attached hydrogens (tertiary/aromatic N) is 1. The normalized spacial score (nSPS) is 19.8. The maximum atomic E-state index is 13.0. The van der Waals surface area contributed by atoms with Crippen LogP contribution in [0.2, 0.25) is 5.02 Å². The van der Waals surface area contributed by atoms with Gasteiger partial charge in [-0.2, -0.15) is 4.31 Å². The molecule has 1 aliphatic rings. The SMILES string of the molecule is Cc1sc2ccc(Cl)cc2c1S(=O)(=O)N1CCC[C@H]1C(=O)O. The van der Waals surface area contributed by atoms with Gasteiger partial charge in [0.1, 0.15) is 10.9 Å². The molecule has 0 saturated carbocycles. The van der Waals surface area contributed by atoms with Gasteiger partial charge in [0, 0.05) is 26.5 Å². The third-order valence-corrected chi connectivity index (χ3v) is 7.37. The lowest BCUT2D eigenvalue weighted by Crippen LogP contribution is -2.40. The number of rotatable bonds is 3. The highest BCUT2D eigenvalue weighted by atomic mass is 35.5. The molecule has 0 aliphatic carbocycles. The van der Waals surface area contributed by atoms with Crippen molar-refractivity contribution in [1.82, 2.24) is 4.31 Å². The molecule has 3 rings (SSSR count). The molecule has 0 unspecified atom stereocenters. The largest absolute Gasteiger partial charge is 0.480 e. The zero-order valence-electron chi connectivity index (χ0n) is 11.7. The number of hydrogen-bond acceptors (Lipinski definition) is 4. The third kappa shape index (κ3) is 2.42. The Bertz CT molecular complexity index is 859. The Hall–Kier alpha value is -1.15. The minimum atomic E-state index is -3.86. The van der Waals surface area contributed by atoms with Crippen molar-refractivity contribution in [1.29, 1.82) is 0 Å². The van der Waals surface area contributed by atoms with Crippen molar-refractivity contribution in [2.45, 2.75) is 30.7 Å². The van der Waals surface area contributed by atoms with Gasteiger partial charge >= 0.3 is 5.97 Å². The molecule has 0 spiro atoms. The van der Waals surface area contributed by atoms with Crippen molar-refractivity contribution in [2.75, 3.05) is 6.54 Å². The van der Waals surface area contributed by atoms with E-state index in [4.69, 9.17) is 11.6 Å². The topological polar surface area (TPSA) is 74.7 Å². The summed E-state index contributed by atoms with van der Waals surface area (Å²) in [5.41, 5.74) is 0. The standard InChI is InChI=1S/C14H14ClNO4S2/c1-8-13(10-7-9(15)4-5-12(10)21-8)22(19,20)16-6-2-3-11(16)14(17)18/h4-5,7,11H,2-3,6H2,1H3,(H,17,18)/t11-/m0/s1. The Morgan fingerprint density at radius 1 is 1.45 bits per heavy atom. The molecule has 0 amide bonds. The zero-order valence-corrected chi connectivity index (χ0v) is 14.1. The van der Waals surface area contributed by atoms with Gasteiger partial charge in [-0.05, 0) is 38.0 Å². The molecule has 1 saturated heterocycles. The molecule has 22 heavy (non-hydrogen) atoms. The predicted octanol–water partition coefficient (Wildman–Crippen LogP) is 3.10. The lowest BCUT2D eigenvalue weighted by Gasteiger charge is -2.21. The van der Waals surface area contributed by atoms with Crippen LogP contribution in [0.1, 0.15) is 17.7 Å². The smallest absolute Gasteiger partial charge is 0.322 e. The monoisotopic (exact) mass is 359 g/mol. The molecule has 1 N–H and O–H groups in total. The molecular weight excluding hydrogens is 346 g/mol. The maximum absolute atomic E-state index is 13.0. The molecule has 1 fully saturated rings. The van der Waals surface area contributed by atoms with Gasteiger partial charge in [0.25, 0.3) is 0 Å². The van der Waals surface area contributed by atoms with Gasteiger partial charge in [-0.1, -0.05) is 11.6 Å². The van der Waals surface area contributed by atoms with Crippen molar-refractivity contribution in [2.24, 2.45) is 0 Å². The number of aliphatic carboxylic acids is 1. The Kier molecular flexibility index (Phi) is 3.92. The number of halogens is 1. The first-order valence-corrected chi connectivity index (χ1v) is 9.39. The molecule has 1 aromatic heterocycles. The van der Waals surface area contributed by atoms with Crippen LogP contribution in [0.15, 0.2) is 23.1 Å². The van der Waals surface area contributed by atoms with Crippen LogP contribution < -0.4 is 0 Å². The molecule has 2 aromatic rings. The Morgan fingerprint density at radius 3 is 2.86 bits per heavy atom. The molecule has 0 bridgehead atoms. The van der Waals surface area contributed by atoms with E-state index >= 15 is 0 Å². The minimum Gasteiger partial charge on any atom is -0.480 e. The lowest BCUT2D eigenvalue weighted by molar-refractivity contribution is -0.140. The number of carboxylic acid groups (broad SMARTS) is 1. The van der Waals surface area contributed by atoms with Gasteiger partial charge in [-0.3, -0.25) is 4.79 Å². The number of fused-ring (bicyclic) bond motifs is 1. The number of benzene rings is 1. The number of carbonyl (C=O) groups is 1. The highest BCUT2D eigenvalue weighted by Crippen LogP contribution is 2.38. The lowest BCUT2D eigenvalue weighted by atomic mass is 10.2. The van der Waals surface area contributed by atoms with Crippen molar-refractivity contribution >= 4 is 49.0 Å². The molecule has 5 nitrogen and oxygen atoms in total. The van der Waals surface area contributed by atoms with E-state index in [2.05, 4.69) is 0 Å². The van der Waals surface area contributed by atoms with Crippen molar-refractivity contribution in [3.8, 4) is 0 Å². The summed E-state index contributed by atoms with van der Waals surface area (Å²) in [4.78, 5) is 12.1. The fourth-order valence-electron chi connectivity index (χ4n) is 2.88. The van der Waals surface area contributed by atoms with E-state index in [1.54, 1.807) is 25.1 Å².